The van der Waals surface area contributed by atoms with Gasteiger partial charge in [-0.25, -0.2) is 0 Å². The van der Waals surface area contributed by atoms with Crippen LogP contribution in [0.5, 0.6) is 17.2 Å². The minimum absolute atomic E-state index is 0.150. The summed E-state index contributed by atoms with van der Waals surface area (Å²) >= 11 is 0. The molecule has 0 aliphatic heterocycles. The van der Waals surface area contributed by atoms with E-state index in [4.69, 9.17) is 9.47 Å². The summed E-state index contributed by atoms with van der Waals surface area (Å²) < 4.78 is 11.3. The lowest BCUT2D eigenvalue weighted by molar-refractivity contribution is -0.116. The summed E-state index contributed by atoms with van der Waals surface area (Å²) in [6.45, 7) is 3.39. The number of hydrogen-bond acceptors (Lipinski definition) is 4. The van der Waals surface area contributed by atoms with Crippen LogP contribution in [-0.4, -0.2) is 31.3 Å². The number of nitrogens with one attached hydrogen (secondary N) is 1. The minimum atomic E-state index is -0.150. The number of unbranched alkanes of at least 4 members (excludes halogenated alkanes) is 4. The van der Waals surface area contributed by atoms with Crippen LogP contribution in [0.25, 0.3) is 6.08 Å². The van der Waals surface area contributed by atoms with E-state index in [1.165, 1.54) is 31.8 Å². The SMILES string of the molecule is CCCCCCCOc1cc(C=CC(=O)NCCc2ccc(O)cc2)ccc1OC. The molecular formula is C25H33NO4. The number of amides is 1. The van der Waals surface area contributed by atoms with Gasteiger partial charge in [-0.3, -0.25) is 4.79 Å². The van der Waals surface area contributed by atoms with Gasteiger partial charge >= 0.3 is 0 Å². The van der Waals surface area contributed by atoms with Gasteiger partial charge in [-0.15, -0.1) is 0 Å². The molecule has 2 N–H and O–H groups in total. The second kappa shape index (κ2) is 13.3. The predicted octanol–water partition coefficient (Wildman–Crippen LogP) is 5.12. The van der Waals surface area contributed by atoms with Gasteiger partial charge in [-0.1, -0.05) is 50.8 Å². The molecule has 0 saturated heterocycles. The Hall–Kier alpha value is -2.95. The smallest absolute Gasteiger partial charge is 0.244 e. The van der Waals surface area contributed by atoms with E-state index in [1.54, 1.807) is 25.3 Å². The molecule has 0 bridgehead atoms. The molecule has 1 amide bonds. The number of carbonyl (C=O) groups excluding carboxylic acids is 1. The topological polar surface area (TPSA) is 67.8 Å². The molecule has 2 aromatic rings. The fourth-order valence-corrected chi connectivity index (χ4v) is 3.02. The summed E-state index contributed by atoms with van der Waals surface area (Å²) in [6, 6.07) is 12.6. The number of carbonyl (C=O) groups is 1. The molecule has 5 heteroatoms. The first-order valence-electron chi connectivity index (χ1n) is 10.7. The van der Waals surface area contributed by atoms with Crippen molar-refractivity contribution in [3.05, 3.63) is 59.7 Å². The number of hydrogen-bond donors (Lipinski definition) is 2. The Labute approximate surface area is 179 Å². The normalized spacial score (nSPS) is 10.9. The molecule has 0 saturated carbocycles. The summed E-state index contributed by atoms with van der Waals surface area (Å²) in [4.78, 5) is 12.1. The third-order valence-corrected chi connectivity index (χ3v) is 4.77. The van der Waals surface area contributed by atoms with E-state index < -0.39 is 0 Å². The number of phenols is 1. The average molecular weight is 412 g/mol. The van der Waals surface area contributed by atoms with Crippen molar-refractivity contribution in [2.24, 2.45) is 0 Å². The van der Waals surface area contributed by atoms with Gasteiger partial charge in [0.25, 0.3) is 0 Å². The fraction of sp³-hybridized carbons (Fsp3) is 0.400. The molecule has 0 aliphatic carbocycles. The van der Waals surface area contributed by atoms with Gasteiger partial charge < -0.3 is 19.9 Å². The number of rotatable bonds is 13. The van der Waals surface area contributed by atoms with Gasteiger partial charge in [-0.05, 0) is 54.3 Å². The van der Waals surface area contributed by atoms with E-state index in [1.807, 2.05) is 30.3 Å². The van der Waals surface area contributed by atoms with Crippen molar-refractivity contribution in [1.82, 2.24) is 5.32 Å². The van der Waals surface area contributed by atoms with E-state index in [2.05, 4.69) is 12.2 Å². The molecule has 0 unspecified atom stereocenters. The molecule has 2 rings (SSSR count). The van der Waals surface area contributed by atoms with Crippen molar-refractivity contribution >= 4 is 12.0 Å². The second-order valence-electron chi connectivity index (χ2n) is 7.21. The van der Waals surface area contributed by atoms with Gasteiger partial charge in [0, 0.05) is 12.6 Å². The molecule has 0 atom stereocenters. The Morgan fingerprint density at radius 3 is 2.53 bits per heavy atom. The third-order valence-electron chi connectivity index (χ3n) is 4.77. The Morgan fingerprint density at radius 2 is 1.80 bits per heavy atom. The van der Waals surface area contributed by atoms with Crippen molar-refractivity contribution in [2.45, 2.75) is 45.4 Å². The van der Waals surface area contributed by atoms with Gasteiger partial charge in [-0.2, -0.15) is 0 Å². The van der Waals surface area contributed by atoms with Crippen LogP contribution >= 0.6 is 0 Å². The van der Waals surface area contributed by atoms with Crippen LogP contribution < -0.4 is 14.8 Å². The highest BCUT2D eigenvalue weighted by atomic mass is 16.5. The van der Waals surface area contributed by atoms with Crippen LogP contribution in [0.3, 0.4) is 0 Å². The molecule has 0 heterocycles. The minimum Gasteiger partial charge on any atom is -0.508 e. The standard InChI is InChI=1S/C25H33NO4/c1-3-4-5-6-7-18-30-24-19-21(10-14-23(24)29-2)11-15-25(28)26-17-16-20-8-12-22(27)13-9-20/h8-15,19,27H,3-7,16-18H2,1-2H3,(H,26,28). The maximum absolute atomic E-state index is 12.1. The average Bonchev–Trinajstić information content (AvgIpc) is 2.76. The van der Waals surface area contributed by atoms with E-state index >= 15 is 0 Å². The Kier molecular flexibility index (Phi) is 10.3. The highest BCUT2D eigenvalue weighted by molar-refractivity contribution is 5.91. The molecular weight excluding hydrogens is 378 g/mol. The number of methoxy groups -OCH3 is 1. The lowest BCUT2D eigenvalue weighted by Crippen LogP contribution is -2.23. The zero-order chi connectivity index (χ0) is 21.6. The van der Waals surface area contributed by atoms with E-state index in [9.17, 15) is 9.90 Å². The summed E-state index contributed by atoms with van der Waals surface area (Å²) in [5, 5.41) is 12.2. The zero-order valence-electron chi connectivity index (χ0n) is 18.0. The third kappa shape index (κ3) is 8.60. The maximum atomic E-state index is 12.1. The number of benzene rings is 2. The molecule has 2 aromatic carbocycles. The highest BCUT2D eigenvalue weighted by Gasteiger charge is 2.05. The summed E-state index contributed by atoms with van der Waals surface area (Å²) in [5.74, 6) is 1.48. The van der Waals surface area contributed by atoms with Crippen molar-refractivity contribution in [1.29, 1.82) is 0 Å². The molecule has 0 aliphatic rings. The largest absolute Gasteiger partial charge is 0.508 e. The lowest BCUT2D eigenvalue weighted by atomic mass is 10.1. The van der Waals surface area contributed by atoms with E-state index in [0.29, 0.717) is 31.1 Å². The van der Waals surface area contributed by atoms with E-state index in [0.717, 1.165) is 17.5 Å². The van der Waals surface area contributed by atoms with Crippen LogP contribution in [0, 0.1) is 0 Å². The predicted molar refractivity (Wildman–Crippen MR) is 121 cm³/mol. The molecule has 5 nitrogen and oxygen atoms in total. The number of phenolic OH excluding ortho intramolecular Hbond substituents is 1. The van der Waals surface area contributed by atoms with Gasteiger partial charge in [0.1, 0.15) is 5.75 Å². The Morgan fingerprint density at radius 1 is 1.03 bits per heavy atom. The molecule has 0 spiro atoms. The van der Waals surface area contributed by atoms with Crippen molar-refractivity contribution in [3.8, 4) is 17.2 Å². The van der Waals surface area contributed by atoms with Crippen molar-refractivity contribution in [2.75, 3.05) is 20.3 Å². The van der Waals surface area contributed by atoms with Crippen molar-refractivity contribution < 1.29 is 19.4 Å². The monoisotopic (exact) mass is 411 g/mol. The Balaban J connectivity index is 1.81. The summed E-state index contributed by atoms with van der Waals surface area (Å²) in [7, 11) is 1.63. The lowest BCUT2D eigenvalue weighted by Gasteiger charge is -2.11. The first-order chi connectivity index (χ1) is 14.6. The fourth-order valence-electron chi connectivity index (χ4n) is 3.02. The highest BCUT2D eigenvalue weighted by Crippen LogP contribution is 2.28. The maximum Gasteiger partial charge on any atom is 0.244 e. The van der Waals surface area contributed by atoms with Crippen LogP contribution in [-0.2, 0) is 11.2 Å². The van der Waals surface area contributed by atoms with Crippen molar-refractivity contribution in [3.63, 3.8) is 0 Å². The van der Waals surface area contributed by atoms with Gasteiger partial charge in [0.15, 0.2) is 11.5 Å². The summed E-state index contributed by atoms with van der Waals surface area (Å²) in [5.41, 5.74) is 1.94. The molecule has 0 radical (unpaired) electrons. The van der Waals surface area contributed by atoms with E-state index in [-0.39, 0.29) is 11.7 Å². The molecule has 0 aromatic heterocycles. The molecule has 30 heavy (non-hydrogen) atoms. The second-order valence-corrected chi connectivity index (χ2v) is 7.21. The quantitative estimate of drug-likeness (QED) is 0.354. The van der Waals surface area contributed by atoms with Crippen LogP contribution in [0.1, 0.15) is 50.2 Å². The zero-order valence-corrected chi connectivity index (χ0v) is 18.0. The van der Waals surface area contributed by atoms with Crippen LogP contribution in [0.4, 0.5) is 0 Å². The van der Waals surface area contributed by atoms with Crippen LogP contribution in [0.15, 0.2) is 48.5 Å². The molecule has 0 fully saturated rings. The first-order valence-corrected chi connectivity index (χ1v) is 10.7. The number of ether oxygens (including phenoxy) is 2. The van der Waals surface area contributed by atoms with Gasteiger partial charge in [0.2, 0.25) is 5.91 Å². The van der Waals surface area contributed by atoms with Gasteiger partial charge in [0.05, 0.1) is 13.7 Å². The summed E-state index contributed by atoms with van der Waals surface area (Å²) in [6.07, 6.45) is 9.91. The Bertz CT molecular complexity index is 799. The molecule has 162 valence electrons. The first kappa shape index (κ1) is 23.3. The van der Waals surface area contributed by atoms with Crippen LogP contribution in [0.2, 0.25) is 0 Å². The number of aromatic hydroxyl groups is 1.